The molecule has 1 atom stereocenters. The summed E-state index contributed by atoms with van der Waals surface area (Å²) < 4.78 is 0. The molecule has 19 heavy (non-hydrogen) atoms. The van der Waals surface area contributed by atoms with Crippen molar-refractivity contribution in [1.82, 2.24) is 15.1 Å². The molecule has 0 radical (unpaired) electrons. The molecule has 1 N–H and O–H groups in total. The Bertz CT molecular complexity index is 217. The third-order valence-corrected chi connectivity index (χ3v) is 2.96. The Labute approximate surface area is 120 Å². The van der Waals surface area contributed by atoms with Gasteiger partial charge in [-0.2, -0.15) is 0 Å². The highest BCUT2D eigenvalue weighted by atomic mass is 16.2. The summed E-state index contributed by atoms with van der Waals surface area (Å²) in [6, 6.07) is -0.0145. The van der Waals surface area contributed by atoms with Crippen molar-refractivity contribution in [2.75, 3.05) is 40.8 Å². The number of nitrogens with one attached hydrogen (secondary N) is 1. The maximum Gasteiger partial charge on any atom is 0.237 e. The van der Waals surface area contributed by atoms with Crippen molar-refractivity contribution in [3.05, 3.63) is 0 Å². The van der Waals surface area contributed by atoms with Gasteiger partial charge in [-0.25, -0.2) is 0 Å². The van der Waals surface area contributed by atoms with E-state index in [2.05, 4.69) is 35.9 Å². The summed E-state index contributed by atoms with van der Waals surface area (Å²) in [6.45, 7) is 12.9. The zero-order valence-electron chi connectivity index (χ0n) is 14.3. The molecule has 0 aliphatic carbocycles. The van der Waals surface area contributed by atoms with Gasteiger partial charge >= 0.3 is 0 Å². The molecule has 4 nitrogen and oxygen atoms in total. The summed E-state index contributed by atoms with van der Waals surface area (Å²) in [5, 5.41) is 3.03. The minimum absolute atomic E-state index is 0.0145. The average molecular weight is 273 g/mol. The number of nitrogens with zero attached hydrogens (tertiary/aromatic N) is 2. The molecule has 0 saturated carbocycles. The second-order valence-corrected chi connectivity index (χ2v) is 5.21. The van der Waals surface area contributed by atoms with Gasteiger partial charge in [-0.15, -0.1) is 0 Å². The van der Waals surface area contributed by atoms with Gasteiger partial charge in [0.15, 0.2) is 0 Å². The van der Waals surface area contributed by atoms with E-state index in [-0.39, 0.29) is 11.9 Å². The second kappa shape index (κ2) is 12.4. The lowest BCUT2D eigenvalue weighted by atomic mass is 10.0. The lowest BCUT2D eigenvalue weighted by Crippen LogP contribution is -2.48. The SMILES string of the molecule is CC.CCN(C)C(C(=O)NCCCN(C)C)C(C)C. The van der Waals surface area contributed by atoms with E-state index in [0.717, 1.165) is 26.1 Å². The molecule has 0 aromatic rings. The summed E-state index contributed by atoms with van der Waals surface area (Å²) in [6.07, 6.45) is 0.999. The van der Waals surface area contributed by atoms with Crippen LogP contribution >= 0.6 is 0 Å². The predicted octanol–water partition coefficient (Wildman–Crippen LogP) is 2.06. The highest BCUT2D eigenvalue weighted by molar-refractivity contribution is 5.81. The van der Waals surface area contributed by atoms with Gasteiger partial charge in [0, 0.05) is 6.54 Å². The molecular weight excluding hydrogens is 238 g/mol. The van der Waals surface area contributed by atoms with Crippen LogP contribution in [0, 0.1) is 5.92 Å². The molecule has 0 aromatic carbocycles. The second-order valence-electron chi connectivity index (χ2n) is 5.21. The molecule has 0 fully saturated rings. The van der Waals surface area contributed by atoms with E-state index in [1.165, 1.54) is 0 Å². The normalized spacial score (nSPS) is 12.4. The molecule has 0 aliphatic rings. The molecule has 1 unspecified atom stereocenters. The minimum Gasteiger partial charge on any atom is -0.355 e. The summed E-state index contributed by atoms with van der Waals surface area (Å²) in [4.78, 5) is 16.3. The lowest BCUT2D eigenvalue weighted by Gasteiger charge is -2.29. The van der Waals surface area contributed by atoms with E-state index in [1.54, 1.807) is 0 Å². The van der Waals surface area contributed by atoms with Crippen LogP contribution in [-0.2, 0) is 4.79 Å². The summed E-state index contributed by atoms with van der Waals surface area (Å²) in [7, 11) is 6.09. The fourth-order valence-electron chi connectivity index (χ4n) is 1.92. The van der Waals surface area contributed by atoms with Gasteiger partial charge in [-0.3, -0.25) is 9.69 Å². The van der Waals surface area contributed by atoms with Gasteiger partial charge in [-0.1, -0.05) is 34.6 Å². The Hall–Kier alpha value is -0.610. The van der Waals surface area contributed by atoms with Crippen molar-refractivity contribution < 1.29 is 4.79 Å². The van der Waals surface area contributed by atoms with E-state index in [4.69, 9.17) is 0 Å². The maximum atomic E-state index is 12.1. The van der Waals surface area contributed by atoms with Crippen molar-refractivity contribution in [3.8, 4) is 0 Å². The van der Waals surface area contributed by atoms with Crippen molar-refractivity contribution in [3.63, 3.8) is 0 Å². The standard InChI is InChI=1S/C13H29N3O.C2H6/c1-7-16(6)12(11(2)3)13(17)14-9-8-10-15(4)5;1-2/h11-12H,7-10H2,1-6H3,(H,14,17);1-2H3. The first kappa shape index (κ1) is 20.7. The van der Waals surface area contributed by atoms with E-state index in [9.17, 15) is 4.79 Å². The van der Waals surface area contributed by atoms with Gasteiger partial charge in [-0.05, 0) is 46.6 Å². The van der Waals surface area contributed by atoms with Crippen molar-refractivity contribution >= 4 is 5.91 Å². The zero-order chi connectivity index (χ0) is 15.4. The number of hydrogen-bond acceptors (Lipinski definition) is 3. The topological polar surface area (TPSA) is 35.6 Å². The number of carbonyl (C=O) groups is 1. The Balaban J connectivity index is 0. The van der Waals surface area contributed by atoms with Crippen molar-refractivity contribution in [1.29, 1.82) is 0 Å². The summed E-state index contributed by atoms with van der Waals surface area (Å²) in [5.41, 5.74) is 0. The van der Waals surface area contributed by atoms with Gasteiger partial charge in [0.25, 0.3) is 0 Å². The smallest absolute Gasteiger partial charge is 0.237 e. The van der Waals surface area contributed by atoms with Crippen LogP contribution in [0.25, 0.3) is 0 Å². The van der Waals surface area contributed by atoms with Crippen LogP contribution < -0.4 is 5.32 Å². The Morgan fingerprint density at radius 3 is 2.05 bits per heavy atom. The number of hydrogen-bond donors (Lipinski definition) is 1. The number of rotatable bonds is 8. The highest BCUT2D eigenvalue weighted by Gasteiger charge is 2.24. The number of carbonyl (C=O) groups excluding carboxylic acids is 1. The third kappa shape index (κ3) is 9.91. The lowest BCUT2D eigenvalue weighted by molar-refractivity contribution is -0.127. The fraction of sp³-hybridized carbons (Fsp3) is 0.933. The van der Waals surface area contributed by atoms with Crippen LogP contribution in [0.2, 0.25) is 0 Å². The molecule has 0 bridgehead atoms. The molecule has 0 rings (SSSR count). The van der Waals surface area contributed by atoms with Crippen LogP contribution in [0.5, 0.6) is 0 Å². The molecule has 0 aromatic heterocycles. The van der Waals surface area contributed by atoms with Crippen LogP contribution in [0.4, 0.5) is 0 Å². The van der Waals surface area contributed by atoms with Gasteiger partial charge in [0.05, 0.1) is 6.04 Å². The quantitative estimate of drug-likeness (QED) is 0.688. The van der Waals surface area contributed by atoms with Crippen LogP contribution in [0.3, 0.4) is 0 Å². The van der Waals surface area contributed by atoms with E-state index in [1.807, 2.05) is 35.0 Å². The first-order valence-corrected chi connectivity index (χ1v) is 7.52. The van der Waals surface area contributed by atoms with Gasteiger partial charge in [0.1, 0.15) is 0 Å². The van der Waals surface area contributed by atoms with Crippen molar-refractivity contribution in [2.24, 2.45) is 5.92 Å². The number of amides is 1. The minimum atomic E-state index is -0.0145. The van der Waals surface area contributed by atoms with E-state index in [0.29, 0.717) is 5.92 Å². The first-order valence-electron chi connectivity index (χ1n) is 7.52. The summed E-state index contributed by atoms with van der Waals surface area (Å²) >= 11 is 0. The molecule has 116 valence electrons. The molecule has 0 saturated heterocycles. The number of likely N-dealkylation sites (N-methyl/N-ethyl adjacent to an activating group) is 1. The van der Waals surface area contributed by atoms with E-state index >= 15 is 0 Å². The average Bonchev–Trinajstić information content (AvgIpc) is 2.36. The van der Waals surface area contributed by atoms with Gasteiger partial charge in [0.2, 0.25) is 5.91 Å². The first-order chi connectivity index (χ1) is 8.90. The van der Waals surface area contributed by atoms with Gasteiger partial charge < -0.3 is 10.2 Å². The van der Waals surface area contributed by atoms with Crippen molar-refractivity contribution in [2.45, 2.75) is 47.1 Å². The third-order valence-electron chi connectivity index (χ3n) is 2.96. The Morgan fingerprint density at radius 1 is 1.16 bits per heavy atom. The maximum absolute atomic E-state index is 12.1. The monoisotopic (exact) mass is 273 g/mol. The highest BCUT2D eigenvalue weighted by Crippen LogP contribution is 2.08. The Morgan fingerprint density at radius 2 is 1.68 bits per heavy atom. The molecule has 1 amide bonds. The summed E-state index contributed by atoms with van der Waals surface area (Å²) in [5.74, 6) is 0.497. The largest absolute Gasteiger partial charge is 0.355 e. The molecule has 0 heterocycles. The van der Waals surface area contributed by atoms with Crippen LogP contribution in [-0.4, -0.2) is 62.5 Å². The molecular formula is C15H35N3O. The molecule has 0 spiro atoms. The van der Waals surface area contributed by atoms with E-state index < -0.39 is 0 Å². The molecule has 4 heteroatoms. The van der Waals surface area contributed by atoms with Crippen LogP contribution in [0.1, 0.15) is 41.0 Å². The fourth-order valence-corrected chi connectivity index (χ4v) is 1.92. The molecule has 0 aliphatic heterocycles. The zero-order valence-corrected chi connectivity index (χ0v) is 14.3. The van der Waals surface area contributed by atoms with Crippen LogP contribution in [0.15, 0.2) is 0 Å². The predicted molar refractivity (Wildman–Crippen MR) is 84.5 cm³/mol. The Kier molecular flexibility index (Phi) is 13.5.